The fourth-order valence-corrected chi connectivity index (χ4v) is 2.56. The van der Waals surface area contributed by atoms with Crippen molar-refractivity contribution in [2.24, 2.45) is 0 Å². The van der Waals surface area contributed by atoms with E-state index in [1.54, 1.807) is 26.2 Å². The van der Waals surface area contributed by atoms with Gasteiger partial charge in [0.25, 0.3) is 0 Å². The molecule has 1 aromatic carbocycles. The topological polar surface area (TPSA) is 44.8 Å². The van der Waals surface area contributed by atoms with Gasteiger partial charge in [-0.2, -0.15) is 0 Å². The molecule has 0 fully saturated rings. The molecule has 0 saturated carbocycles. The van der Waals surface area contributed by atoms with Crippen LogP contribution in [-0.4, -0.2) is 26.3 Å². The molecule has 0 aromatic heterocycles. The largest absolute Gasteiger partial charge is 0.494 e. The molecule has 0 amide bonds. The number of benzene rings is 1. The van der Waals surface area contributed by atoms with Crippen LogP contribution in [0.5, 0.6) is 11.5 Å². The third-order valence-electron chi connectivity index (χ3n) is 2.05. The number of hydrogen-bond donors (Lipinski definition) is 0. The molecular formula is C11H12Br2O4. The van der Waals surface area contributed by atoms with Crippen LogP contribution in [0.25, 0.3) is 0 Å². The van der Waals surface area contributed by atoms with Crippen LogP contribution < -0.4 is 9.47 Å². The van der Waals surface area contributed by atoms with Crippen LogP contribution in [0.15, 0.2) is 21.1 Å². The minimum atomic E-state index is -0.679. The quantitative estimate of drug-likeness (QED) is 0.767. The molecule has 4 nitrogen and oxygen atoms in total. The molecule has 0 aliphatic carbocycles. The van der Waals surface area contributed by atoms with Crippen molar-refractivity contribution in [1.82, 2.24) is 0 Å². The normalized spacial score (nSPS) is 11.8. The van der Waals surface area contributed by atoms with Gasteiger partial charge in [0, 0.05) is 0 Å². The molecule has 0 spiro atoms. The standard InChI is InChI=1S/C11H12Br2O4/c1-6(11(14)16-3)17-8-5-4-7(12)10(15-2)9(8)13/h4-6H,1-3H3. The average Bonchev–Trinajstić information content (AvgIpc) is 2.32. The van der Waals surface area contributed by atoms with Gasteiger partial charge in [-0.1, -0.05) is 0 Å². The van der Waals surface area contributed by atoms with Gasteiger partial charge in [0.2, 0.25) is 0 Å². The van der Waals surface area contributed by atoms with Crippen LogP contribution in [0, 0.1) is 0 Å². The van der Waals surface area contributed by atoms with Crippen molar-refractivity contribution in [3.8, 4) is 11.5 Å². The Morgan fingerprint density at radius 2 is 1.94 bits per heavy atom. The molecule has 0 radical (unpaired) electrons. The summed E-state index contributed by atoms with van der Waals surface area (Å²) in [5, 5.41) is 0. The number of esters is 1. The van der Waals surface area contributed by atoms with Crippen molar-refractivity contribution in [3.05, 3.63) is 21.1 Å². The number of ether oxygens (including phenoxy) is 3. The predicted molar refractivity (Wildman–Crippen MR) is 70.5 cm³/mol. The lowest BCUT2D eigenvalue weighted by atomic mass is 10.3. The molecule has 0 bridgehead atoms. The second kappa shape index (κ2) is 6.26. The molecule has 1 atom stereocenters. The number of carbonyl (C=O) groups excluding carboxylic acids is 1. The Balaban J connectivity index is 2.96. The molecule has 0 aliphatic heterocycles. The first-order valence-corrected chi connectivity index (χ1v) is 6.36. The summed E-state index contributed by atoms with van der Waals surface area (Å²) in [4.78, 5) is 11.2. The highest BCUT2D eigenvalue weighted by Gasteiger charge is 2.18. The van der Waals surface area contributed by atoms with Crippen molar-refractivity contribution in [3.63, 3.8) is 0 Å². The molecule has 0 heterocycles. The number of methoxy groups -OCH3 is 2. The Kier molecular flexibility index (Phi) is 5.27. The Bertz CT molecular complexity index is 420. The second-order valence-electron chi connectivity index (χ2n) is 3.18. The van der Waals surface area contributed by atoms with Crippen LogP contribution in [0.3, 0.4) is 0 Å². The van der Waals surface area contributed by atoms with E-state index in [2.05, 4.69) is 36.6 Å². The predicted octanol–water partition coefficient (Wildman–Crippen LogP) is 3.16. The fourth-order valence-electron chi connectivity index (χ4n) is 1.20. The maximum absolute atomic E-state index is 11.2. The van der Waals surface area contributed by atoms with Gasteiger partial charge < -0.3 is 14.2 Å². The molecule has 1 unspecified atom stereocenters. The van der Waals surface area contributed by atoms with Gasteiger partial charge >= 0.3 is 5.97 Å². The molecule has 1 rings (SSSR count). The molecule has 94 valence electrons. The summed E-state index contributed by atoms with van der Waals surface area (Å²) in [6.45, 7) is 1.62. The monoisotopic (exact) mass is 366 g/mol. The Hall–Kier alpha value is -0.750. The number of carbonyl (C=O) groups is 1. The van der Waals surface area contributed by atoms with E-state index in [4.69, 9.17) is 9.47 Å². The Labute approximate surface area is 116 Å². The highest BCUT2D eigenvalue weighted by Crippen LogP contribution is 2.40. The average molecular weight is 368 g/mol. The van der Waals surface area contributed by atoms with E-state index < -0.39 is 12.1 Å². The van der Waals surface area contributed by atoms with Crippen LogP contribution >= 0.6 is 31.9 Å². The summed E-state index contributed by atoms with van der Waals surface area (Å²) in [6.07, 6.45) is -0.679. The van der Waals surface area contributed by atoms with Crippen LogP contribution in [0.4, 0.5) is 0 Å². The van der Waals surface area contributed by atoms with E-state index in [-0.39, 0.29) is 0 Å². The lowest BCUT2D eigenvalue weighted by Gasteiger charge is -2.15. The highest BCUT2D eigenvalue weighted by molar-refractivity contribution is 9.11. The minimum Gasteiger partial charge on any atom is -0.494 e. The molecular weight excluding hydrogens is 356 g/mol. The summed E-state index contributed by atoms with van der Waals surface area (Å²) < 4.78 is 16.7. The fraction of sp³-hybridized carbons (Fsp3) is 0.364. The van der Waals surface area contributed by atoms with E-state index in [9.17, 15) is 4.79 Å². The molecule has 6 heteroatoms. The zero-order chi connectivity index (χ0) is 13.0. The van der Waals surface area contributed by atoms with Crippen molar-refractivity contribution in [2.75, 3.05) is 14.2 Å². The van der Waals surface area contributed by atoms with Crippen molar-refractivity contribution in [2.45, 2.75) is 13.0 Å². The summed E-state index contributed by atoms with van der Waals surface area (Å²) in [6, 6.07) is 3.51. The molecule has 17 heavy (non-hydrogen) atoms. The van der Waals surface area contributed by atoms with Gasteiger partial charge in [-0.15, -0.1) is 0 Å². The lowest BCUT2D eigenvalue weighted by Crippen LogP contribution is -2.25. The maximum atomic E-state index is 11.2. The SMILES string of the molecule is COC(=O)C(C)Oc1ccc(Br)c(OC)c1Br. The summed E-state index contributed by atoms with van der Waals surface area (Å²) in [7, 11) is 2.87. The highest BCUT2D eigenvalue weighted by atomic mass is 79.9. The van der Waals surface area contributed by atoms with Crippen LogP contribution in [0.2, 0.25) is 0 Å². The van der Waals surface area contributed by atoms with Crippen LogP contribution in [-0.2, 0) is 9.53 Å². The molecule has 1 aromatic rings. The van der Waals surface area contributed by atoms with Gasteiger partial charge in [0.05, 0.1) is 18.7 Å². The third kappa shape index (κ3) is 3.35. The first kappa shape index (κ1) is 14.3. The summed E-state index contributed by atoms with van der Waals surface area (Å²) in [5.41, 5.74) is 0. The smallest absolute Gasteiger partial charge is 0.346 e. The van der Waals surface area contributed by atoms with E-state index in [0.717, 1.165) is 4.47 Å². The Morgan fingerprint density at radius 1 is 1.29 bits per heavy atom. The van der Waals surface area contributed by atoms with Crippen molar-refractivity contribution < 1.29 is 19.0 Å². The first-order chi connectivity index (χ1) is 8.01. The van der Waals surface area contributed by atoms with Gasteiger partial charge in [-0.05, 0) is 50.9 Å². The number of halogens is 2. The number of hydrogen-bond acceptors (Lipinski definition) is 4. The zero-order valence-electron chi connectivity index (χ0n) is 9.62. The van der Waals surface area contributed by atoms with E-state index in [1.807, 2.05) is 0 Å². The van der Waals surface area contributed by atoms with Crippen LogP contribution in [0.1, 0.15) is 6.92 Å². The lowest BCUT2D eigenvalue weighted by molar-refractivity contribution is -0.147. The van der Waals surface area contributed by atoms with Crippen molar-refractivity contribution >= 4 is 37.8 Å². The first-order valence-electron chi connectivity index (χ1n) is 4.77. The van der Waals surface area contributed by atoms with Gasteiger partial charge in [-0.3, -0.25) is 0 Å². The van der Waals surface area contributed by atoms with E-state index in [1.165, 1.54) is 7.11 Å². The van der Waals surface area contributed by atoms with Crippen molar-refractivity contribution in [1.29, 1.82) is 0 Å². The zero-order valence-corrected chi connectivity index (χ0v) is 12.8. The van der Waals surface area contributed by atoms with Gasteiger partial charge in [-0.25, -0.2) is 4.79 Å². The van der Waals surface area contributed by atoms with E-state index in [0.29, 0.717) is 16.0 Å². The van der Waals surface area contributed by atoms with E-state index >= 15 is 0 Å². The molecule has 0 aliphatic rings. The minimum absolute atomic E-state index is 0.432. The number of rotatable bonds is 4. The second-order valence-corrected chi connectivity index (χ2v) is 4.82. The maximum Gasteiger partial charge on any atom is 0.346 e. The molecule has 0 N–H and O–H groups in total. The van der Waals surface area contributed by atoms with Gasteiger partial charge in [0.15, 0.2) is 11.9 Å². The van der Waals surface area contributed by atoms with Gasteiger partial charge in [0.1, 0.15) is 10.2 Å². The summed E-state index contributed by atoms with van der Waals surface area (Å²) >= 11 is 6.71. The Morgan fingerprint density at radius 3 is 2.47 bits per heavy atom. The third-order valence-corrected chi connectivity index (χ3v) is 3.43. The molecule has 0 saturated heterocycles. The summed E-state index contributed by atoms with van der Waals surface area (Å²) in [5.74, 6) is 0.696.